The molecule has 0 spiro atoms. The summed E-state index contributed by atoms with van der Waals surface area (Å²) in [4.78, 5) is 13.1. The second kappa shape index (κ2) is 8.00. The zero-order valence-electron chi connectivity index (χ0n) is 12.1. The van der Waals surface area contributed by atoms with Gasteiger partial charge in [-0.15, -0.1) is 11.3 Å². The van der Waals surface area contributed by atoms with Crippen molar-refractivity contribution in [2.24, 2.45) is 0 Å². The van der Waals surface area contributed by atoms with E-state index in [0.717, 1.165) is 12.8 Å². The third-order valence-corrected chi connectivity index (χ3v) is 4.20. The number of amides is 1. The van der Waals surface area contributed by atoms with E-state index >= 15 is 0 Å². The van der Waals surface area contributed by atoms with Gasteiger partial charge in [-0.05, 0) is 43.3 Å². The molecule has 2 aromatic rings. The lowest BCUT2D eigenvalue weighted by atomic mass is 10.1. The average molecular weight is 307 g/mol. The molecule has 0 fully saturated rings. The van der Waals surface area contributed by atoms with E-state index < -0.39 is 6.10 Å². The van der Waals surface area contributed by atoms with Crippen LogP contribution in [0.15, 0.2) is 40.3 Å². The first-order valence-electron chi connectivity index (χ1n) is 7.18. The molecular weight excluding hydrogens is 286 g/mol. The van der Waals surface area contributed by atoms with Gasteiger partial charge in [0.05, 0.1) is 6.26 Å². The molecule has 2 rings (SSSR count). The fraction of sp³-hybridized carbons (Fsp3) is 0.438. The van der Waals surface area contributed by atoms with Gasteiger partial charge in [0.15, 0.2) is 0 Å². The monoisotopic (exact) mass is 307 g/mol. The lowest BCUT2D eigenvalue weighted by molar-refractivity contribution is -0.121. The molecule has 2 unspecified atom stereocenters. The molecule has 2 aromatic heterocycles. The van der Waals surface area contributed by atoms with Crippen molar-refractivity contribution in [2.45, 2.75) is 44.8 Å². The predicted octanol–water partition coefficient (Wildman–Crippen LogP) is 3.29. The molecule has 2 atom stereocenters. The van der Waals surface area contributed by atoms with Gasteiger partial charge in [0.2, 0.25) is 5.91 Å². The van der Waals surface area contributed by atoms with Crippen molar-refractivity contribution in [1.29, 1.82) is 0 Å². The Morgan fingerprint density at radius 3 is 2.95 bits per heavy atom. The van der Waals surface area contributed by atoms with Crippen LogP contribution in [0.1, 0.15) is 42.9 Å². The van der Waals surface area contributed by atoms with Crippen LogP contribution in [0.5, 0.6) is 0 Å². The number of furan rings is 1. The Hall–Kier alpha value is -1.59. The zero-order chi connectivity index (χ0) is 15.1. The molecule has 2 N–H and O–H groups in total. The van der Waals surface area contributed by atoms with Gasteiger partial charge >= 0.3 is 0 Å². The zero-order valence-corrected chi connectivity index (χ0v) is 12.9. The number of aryl methyl sites for hydroxylation is 1. The van der Waals surface area contributed by atoms with Crippen molar-refractivity contribution in [1.82, 2.24) is 5.32 Å². The highest BCUT2D eigenvalue weighted by atomic mass is 32.1. The van der Waals surface area contributed by atoms with Gasteiger partial charge in [0.25, 0.3) is 0 Å². The Labute approximate surface area is 128 Å². The predicted molar refractivity (Wildman–Crippen MR) is 83.1 cm³/mol. The van der Waals surface area contributed by atoms with Crippen LogP contribution in [0, 0.1) is 0 Å². The van der Waals surface area contributed by atoms with Crippen molar-refractivity contribution in [3.05, 3.63) is 46.5 Å². The number of aliphatic hydroxyl groups is 1. The van der Waals surface area contributed by atoms with E-state index in [9.17, 15) is 9.90 Å². The molecule has 0 aliphatic carbocycles. The third-order valence-electron chi connectivity index (χ3n) is 3.26. The lowest BCUT2D eigenvalue weighted by Gasteiger charge is -2.16. The Balaban J connectivity index is 1.65. The van der Waals surface area contributed by atoms with E-state index in [1.54, 1.807) is 23.5 Å². The second-order valence-electron chi connectivity index (χ2n) is 5.17. The summed E-state index contributed by atoms with van der Waals surface area (Å²) in [7, 11) is 0. The molecule has 114 valence electrons. The number of thiophene rings is 1. The first-order chi connectivity index (χ1) is 10.1. The smallest absolute Gasteiger partial charge is 0.220 e. The topological polar surface area (TPSA) is 62.5 Å². The quantitative estimate of drug-likeness (QED) is 0.786. The normalized spacial score (nSPS) is 13.8. The van der Waals surface area contributed by atoms with Crippen molar-refractivity contribution < 1.29 is 14.3 Å². The SMILES string of the molecule is CC(CC(O)c1ccco1)NC(=O)CCCc1cccs1. The summed E-state index contributed by atoms with van der Waals surface area (Å²) in [6.45, 7) is 1.89. The molecule has 0 radical (unpaired) electrons. The van der Waals surface area contributed by atoms with Gasteiger partial charge in [0.1, 0.15) is 11.9 Å². The fourth-order valence-corrected chi connectivity index (χ4v) is 2.97. The summed E-state index contributed by atoms with van der Waals surface area (Å²) in [5, 5.41) is 14.9. The fourth-order valence-electron chi connectivity index (χ4n) is 2.22. The van der Waals surface area contributed by atoms with Crippen LogP contribution in [-0.2, 0) is 11.2 Å². The van der Waals surface area contributed by atoms with Gasteiger partial charge < -0.3 is 14.8 Å². The highest BCUT2D eigenvalue weighted by molar-refractivity contribution is 7.09. The number of nitrogens with one attached hydrogen (secondary N) is 1. The maximum absolute atomic E-state index is 11.8. The maximum atomic E-state index is 11.8. The Kier molecular flexibility index (Phi) is 6.02. The summed E-state index contributed by atoms with van der Waals surface area (Å²) in [6, 6.07) is 7.51. The highest BCUT2D eigenvalue weighted by Gasteiger charge is 2.16. The van der Waals surface area contributed by atoms with Gasteiger partial charge in [-0.2, -0.15) is 0 Å². The first kappa shape index (κ1) is 15.8. The van der Waals surface area contributed by atoms with E-state index in [1.807, 2.05) is 18.4 Å². The van der Waals surface area contributed by atoms with Crippen LogP contribution >= 0.6 is 11.3 Å². The van der Waals surface area contributed by atoms with Crippen LogP contribution in [0.4, 0.5) is 0 Å². The molecule has 5 heteroatoms. The molecular formula is C16H21NO3S. The van der Waals surface area contributed by atoms with E-state index in [2.05, 4.69) is 11.4 Å². The van der Waals surface area contributed by atoms with Crippen molar-refractivity contribution in [2.75, 3.05) is 0 Å². The Bertz CT molecular complexity index is 522. The molecule has 1 amide bonds. The molecule has 0 aliphatic rings. The van der Waals surface area contributed by atoms with E-state index in [1.165, 1.54) is 11.1 Å². The Morgan fingerprint density at radius 2 is 2.29 bits per heavy atom. The van der Waals surface area contributed by atoms with Crippen LogP contribution in [0.25, 0.3) is 0 Å². The van der Waals surface area contributed by atoms with Gasteiger partial charge in [-0.1, -0.05) is 6.07 Å². The number of carbonyl (C=O) groups excluding carboxylic acids is 1. The summed E-state index contributed by atoms with van der Waals surface area (Å²) < 4.78 is 5.15. The molecule has 2 heterocycles. The first-order valence-corrected chi connectivity index (χ1v) is 8.06. The average Bonchev–Trinajstić information content (AvgIpc) is 3.11. The minimum Gasteiger partial charge on any atom is -0.467 e. The van der Waals surface area contributed by atoms with Crippen LogP contribution in [0.2, 0.25) is 0 Å². The van der Waals surface area contributed by atoms with E-state index in [-0.39, 0.29) is 11.9 Å². The lowest BCUT2D eigenvalue weighted by Crippen LogP contribution is -2.33. The number of hydrogen-bond donors (Lipinski definition) is 2. The maximum Gasteiger partial charge on any atom is 0.220 e. The van der Waals surface area contributed by atoms with Gasteiger partial charge in [-0.3, -0.25) is 4.79 Å². The number of hydrogen-bond acceptors (Lipinski definition) is 4. The van der Waals surface area contributed by atoms with Crippen molar-refractivity contribution in [3.63, 3.8) is 0 Å². The van der Waals surface area contributed by atoms with Crippen LogP contribution in [-0.4, -0.2) is 17.1 Å². The number of aliphatic hydroxyl groups excluding tert-OH is 1. The number of rotatable bonds is 8. The molecule has 0 aromatic carbocycles. The standard InChI is InChI=1S/C16H21NO3S/c1-12(11-14(18)15-7-3-9-20-15)17-16(19)8-2-5-13-6-4-10-21-13/h3-4,6-7,9-10,12,14,18H,2,5,8,11H2,1H3,(H,17,19). The summed E-state index contributed by atoms with van der Waals surface area (Å²) in [5.74, 6) is 0.569. The summed E-state index contributed by atoms with van der Waals surface area (Å²) in [5.41, 5.74) is 0. The van der Waals surface area contributed by atoms with E-state index in [0.29, 0.717) is 18.6 Å². The van der Waals surface area contributed by atoms with Crippen LogP contribution < -0.4 is 5.32 Å². The molecule has 0 bridgehead atoms. The molecule has 0 aliphatic heterocycles. The highest BCUT2D eigenvalue weighted by Crippen LogP contribution is 2.18. The molecule has 4 nitrogen and oxygen atoms in total. The summed E-state index contributed by atoms with van der Waals surface area (Å²) >= 11 is 1.72. The molecule has 0 saturated carbocycles. The summed E-state index contributed by atoms with van der Waals surface area (Å²) in [6.07, 6.45) is 3.60. The third kappa shape index (κ3) is 5.36. The van der Waals surface area contributed by atoms with Crippen molar-refractivity contribution in [3.8, 4) is 0 Å². The molecule has 0 saturated heterocycles. The second-order valence-corrected chi connectivity index (χ2v) is 6.20. The van der Waals surface area contributed by atoms with Gasteiger partial charge in [-0.25, -0.2) is 0 Å². The van der Waals surface area contributed by atoms with Gasteiger partial charge in [0, 0.05) is 23.8 Å². The largest absolute Gasteiger partial charge is 0.467 e. The number of carbonyl (C=O) groups is 1. The molecule has 21 heavy (non-hydrogen) atoms. The van der Waals surface area contributed by atoms with Crippen molar-refractivity contribution >= 4 is 17.2 Å². The minimum atomic E-state index is -0.679. The van der Waals surface area contributed by atoms with E-state index in [4.69, 9.17) is 4.42 Å². The minimum absolute atomic E-state index is 0.0331. The Morgan fingerprint density at radius 1 is 1.43 bits per heavy atom. The van der Waals surface area contributed by atoms with Crippen LogP contribution in [0.3, 0.4) is 0 Å².